The fourth-order valence-electron chi connectivity index (χ4n) is 1.61. The van der Waals surface area contributed by atoms with Crippen LogP contribution >= 0.6 is 0 Å². The molecular formula is C13H17NO4S. The zero-order chi connectivity index (χ0) is 14.5. The average Bonchev–Trinajstić information content (AvgIpc) is 2.38. The maximum absolute atomic E-state index is 11.7. The molecule has 19 heavy (non-hydrogen) atoms. The molecule has 0 saturated carbocycles. The summed E-state index contributed by atoms with van der Waals surface area (Å²) >= 11 is 0. The van der Waals surface area contributed by atoms with E-state index in [4.69, 9.17) is 5.11 Å². The molecular weight excluding hydrogens is 266 g/mol. The van der Waals surface area contributed by atoms with Gasteiger partial charge >= 0.3 is 5.97 Å². The van der Waals surface area contributed by atoms with Crippen LogP contribution in [-0.2, 0) is 14.6 Å². The van der Waals surface area contributed by atoms with Gasteiger partial charge in [0.25, 0.3) is 0 Å². The Balaban J connectivity index is 3.01. The molecule has 0 atom stereocenters. The predicted molar refractivity (Wildman–Crippen MR) is 74.2 cm³/mol. The van der Waals surface area contributed by atoms with Gasteiger partial charge in [-0.05, 0) is 24.3 Å². The normalized spacial score (nSPS) is 11.0. The lowest BCUT2D eigenvalue weighted by Gasteiger charge is -2.21. The molecule has 0 bridgehead atoms. The van der Waals surface area contributed by atoms with Gasteiger partial charge in [-0.15, -0.1) is 6.58 Å². The molecule has 0 aliphatic carbocycles. The minimum atomic E-state index is -3.23. The molecule has 1 aromatic carbocycles. The third kappa shape index (κ3) is 4.10. The predicted octanol–water partition coefficient (Wildman–Crippen LogP) is 1.56. The Morgan fingerprint density at radius 3 is 2.37 bits per heavy atom. The molecule has 6 heteroatoms. The van der Waals surface area contributed by atoms with Crippen LogP contribution < -0.4 is 4.90 Å². The van der Waals surface area contributed by atoms with Crippen LogP contribution in [0.3, 0.4) is 0 Å². The summed E-state index contributed by atoms with van der Waals surface area (Å²) < 4.78 is 23.3. The number of nitrogens with zero attached hydrogens (tertiary/aromatic N) is 1. The highest BCUT2D eigenvalue weighted by atomic mass is 32.2. The Labute approximate surface area is 113 Å². The number of benzene rings is 1. The van der Waals surface area contributed by atoms with Gasteiger partial charge in [0.2, 0.25) is 0 Å². The number of rotatable bonds is 7. The van der Waals surface area contributed by atoms with Crippen molar-refractivity contribution in [2.45, 2.75) is 11.8 Å². The first-order valence-electron chi connectivity index (χ1n) is 5.81. The number of carboxylic acid groups (broad SMARTS) is 1. The van der Waals surface area contributed by atoms with Crippen LogP contribution in [0.15, 0.2) is 41.8 Å². The molecule has 0 saturated heterocycles. The molecule has 104 valence electrons. The van der Waals surface area contributed by atoms with Gasteiger partial charge in [0.05, 0.1) is 10.6 Å². The van der Waals surface area contributed by atoms with Gasteiger partial charge in [-0.1, -0.05) is 13.0 Å². The van der Waals surface area contributed by atoms with E-state index in [0.29, 0.717) is 12.2 Å². The number of aliphatic carboxylic acids is 1. The topological polar surface area (TPSA) is 74.7 Å². The third-order valence-corrected chi connectivity index (χ3v) is 4.37. The van der Waals surface area contributed by atoms with Crippen molar-refractivity contribution < 1.29 is 18.3 Å². The Hall–Kier alpha value is -1.82. The maximum atomic E-state index is 11.7. The van der Waals surface area contributed by atoms with Crippen LogP contribution in [0.25, 0.3) is 0 Å². The molecule has 5 nitrogen and oxygen atoms in total. The maximum Gasteiger partial charge on any atom is 0.323 e. The first-order valence-corrected chi connectivity index (χ1v) is 7.46. The zero-order valence-corrected chi connectivity index (χ0v) is 11.6. The number of carbonyl (C=O) groups is 1. The molecule has 1 aromatic rings. The third-order valence-electron chi connectivity index (χ3n) is 2.62. The number of hydrogen-bond donors (Lipinski definition) is 1. The van der Waals surface area contributed by atoms with E-state index in [0.717, 1.165) is 0 Å². The van der Waals surface area contributed by atoms with Crippen LogP contribution in [0.1, 0.15) is 6.92 Å². The second-order valence-corrected chi connectivity index (χ2v) is 6.24. The summed E-state index contributed by atoms with van der Waals surface area (Å²) in [5, 5.41) is 8.82. The highest BCUT2D eigenvalue weighted by Crippen LogP contribution is 2.18. The van der Waals surface area contributed by atoms with Crippen molar-refractivity contribution in [1.29, 1.82) is 0 Å². The van der Waals surface area contributed by atoms with E-state index in [-0.39, 0.29) is 17.2 Å². The van der Waals surface area contributed by atoms with E-state index >= 15 is 0 Å². The molecule has 0 spiro atoms. The van der Waals surface area contributed by atoms with Gasteiger partial charge in [0.1, 0.15) is 6.54 Å². The Bertz CT molecular complexity index is 549. The van der Waals surface area contributed by atoms with E-state index in [9.17, 15) is 13.2 Å². The Morgan fingerprint density at radius 1 is 1.37 bits per heavy atom. The summed E-state index contributed by atoms with van der Waals surface area (Å²) in [5.74, 6) is -0.912. The molecule has 0 heterocycles. The van der Waals surface area contributed by atoms with E-state index in [1.54, 1.807) is 30.0 Å². The quantitative estimate of drug-likeness (QED) is 0.769. The summed E-state index contributed by atoms with van der Waals surface area (Å²) in [7, 11) is -3.23. The van der Waals surface area contributed by atoms with Crippen molar-refractivity contribution in [2.24, 2.45) is 0 Å². The van der Waals surface area contributed by atoms with E-state index in [2.05, 4.69) is 6.58 Å². The molecule has 0 radical (unpaired) electrons. The zero-order valence-electron chi connectivity index (χ0n) is 10.7. The molecule has 1 rings (SSSR count). The molecule has 0 aromatic heterocycles. The average molecular weight is 283 g/mol. The summed E-state index contributed by atoms with van der Waals surface area (Å²) in [5.41, 5.74) is 0.650. The van der Waals surface area contributed by atoms with Crippen LogP contribution in [0.5, 0.6) is 0 Å². The van der Waals surface area contributed by atoms with Crippen LogP contribution in [0, 0.1) is 0 Å². The van der Waals surface area contributed by atoms with Crippen molar-refractivity contribution in [2.75, 3.05) is 23.7 Å². The van der Waals surface area contributed by atoms with Gasteiger partial charge in [-0.25, -0.2) is 8.42 Å². The molecule has 0 amide bonds. The van der Waals surface area contributed by atoms with Crippen molar-refractivity contribution in [3.8, 4) is 0 Å². The SMILES string of the molecule is C=CCN(CC(=O)O)c1ccc(S(=O)(=O)CC)cc1. The van der Waals surface area contributed by atoms with E-state index < -0.39 is 15.8 Å². The number of sulfone groups is 1. The molecule has 0 fully saturated rings. The standard InChI is InChI=1S/C13H17NO4S/c1-3-9-14(10-13(15)16)11-5-7-12(8-6-11)19(17,18)4-2/h3,5-8H,1,4,9-10H2,2H3,(H,15,16). The summed E-state index contributed by atoms with van der Waals surface area (Å²) in [4.78, 5) is 12.6. The largest absolute Gasteiger partial charge is 0.480 e. The molecule has 0 aliphatic heterocycles. The van der Waals surface area contributed by atoms with Gasteiger partial charge in [-0.3, -0.25) is 4.79 Å². The first-order chi connectivity index (χ1) is 8.90. The minimum absolute atomic E-state index is 0.0395. The summed E-state index contributed by atoms with van der Waals surface area (Å²) in [6, 6.07) is 6.20. The highest BCUT2D eigenvalue weighted by molar-refractivity contribution is 7.91. The van der Waals surface area contributed by atoms with E-state index in [1.165, 1.54) is 12.1 Å². The lowest BCUT2D eigenvalue weighted by Crippen LogP contribution is -2.29. The Morgan fingerprint density at radius 2 is 1.95 bits per heavy atom. The number of anilines is 1. The molecule has 1 N–H and O–H groups in total. The van der Waals surface area contributed by atoms with Crippen molar-refractivity contribution >= 4 is 21.5 Å². The second-order valence-electron chi connectivity index (χ2n) is 3.96. The lowest BCUT2D eigenvalue weighted by molar-refractivity contribution is -0.135. The van der Waals surface area contributed by atoms with Crippen LogP contribution in [-0.4, -0.2) is 38.3 Å². The number of hydrogen-bond acceptors (Lipinski definition) is 4. The molecule has 0 unspecified atom stereocenters. The van der Waals surface area contributed by atoms with Crippen LogP contribution in [0.4, 0.5) is 5.69 Å². The van der Waals surface area contributed by atoms with Gasteiger partial charge in [-0.2, -0.15) is 0 Å². The minimum Gasteiger partial charge on any atom is -0.480 e. The van der Waals surface area contributed by atoms with Crippen molar-refractivity contribution in [3.63, 3.8) is 0 Å². The van der Waals surface area contributed by atoms with Crippen LogP contribution in [0.2, 0.25) is 0 Å². The van der Waals surface area contributed by atoms with Crippen molar-refractivity contribution in [3.05, 3.63) is 36.9 Å². The lowest BCUT2D eigenvalue weighted by atomic mass is 10.3. The smallest absolute Gasteiger partial charge is 0.323 e. The fourth-order valence-corrected chi connectivity index (χ4v) is 2.50. The first kappa shape index (κ1) is 15.2. The van der Waals surface area contributed by atoms with Gasteiger partial charge < -0.3 is 10.0 Å². The fraction of sp³-hybridized carbons (Fsp3) is 0.308. The van der Waals surface area contributed by atoms with Gasteiger partial charge in [0, 0.05) is 12.2 Å². The van der Waals surface area contributed by atoms with Gasteiger partial charge in [0.15, 0.2) is 9.84 Å². The second kappa shape index (κ2) is 6.38. The Kier molecular flexibility index (Phi) is 5.11. The monoisotopic (exact) mass is 283 g/mol. The summed E-state index contributed by atoms with van der Waals surface area (Å²) in [6.45, 7) is 5.37. The molecule has 0 aliphatic rings. The van der Waals surface area contributed by atoms with E-state index in [1.807, 2.05) is 0 Å². The number of carboxylic acids is 1. The summed E-state index contributed by atoms with van der Waals surface area (Å²) in [6.07, 6.45) is 1.60. The van der Waals surface area contributed by atoms with Crippen molar-refractivity contribution in [1.82, 2.24) is 0 Å². The highest BCUT2D eigenvalue weighted by Gasteiger charge is 2.13.